The highest BCUT2D eigenvalue weighted by molar-refractivity contribution is 5.55. The quantitative estimate of drug-likeness (QED) is 0.840. The number of benzene rings is 1. The molecule has 0 N–H and O–H groups in total. The normalized spacial score (nSPS) is 19.8. The molecule has 0 atom stereocenters. The van der Waals surface area contributed by atoms with Gasteiger partial charge in [-0.3, -0.25) is 4.90 Å². The van der Waals surface area contributed by atoms with Gasteiger partial charge in [-0.1, -0.05) is 17.3 Å². The van der Waals surface area contributed by atoms with Gasteiger partial charge in [0.1, 0.15) is 0 Å². The third-order valence-electron chi connectivity index (χ3n) is 5.50. The molecule has 2 aliphatic rings. The Kier molecular flexibility index (Phi) is 5.22. The van der Waals surface area contributed by atoms with Crippen molar-refractivity contribution in [2.75, 3.05) is 44.3 Å². The molecule has 6 heteroatoms. The van der Waals surface area contributed by atoms with Gasteiger partial charge in [-0.25, -0.2) is 0 Å². The molecule has 0 saturated carbocycles. The van der Waals surface area contributed by atoms with Gasteiger partial charge in [0, 0.05) is 51.0 Å². The van der Waals surface area contributed by atoms with E-state index in [9.17, 15) is 0 Å². The minimum atomic E-state index is 0.367. The fourth-order valence-electron chi connectivity index (χ4n) is 3.85. The summed E-state index contributed by atoms with van der Waals surface area (Å²) in [5, 5.41) is 4.21. The molecule has 0 radical (unpaired) electrons. The van der Waals surface area contributed by atoms with E-state index in [1.165, 1.54) is 16.8 Å². The number of nitrogens with zero attached hydrogens (tertiary/aromatic N) is 4. The number of aromatic nitrogens is 2. The maximum atomic E-state index is 5.51. The highest BCUT2D eigenvalue weighted by Crippen LogP contribution is 2.26. The van der Waals surface area contributed by atoms with Crippen LogP contribution in [0.15, 0.2) is 22.7 Å². The molecule has 0 bridgehead atoms. The molecule has 0 spiro atoms. The fraction of sp³-hybridized carbons (Fsp3) is 0.600. The topological polar surface area (TPSA) is 54.6 Å². The zero-order chi connectivity index (χ0) is 17.9. The van der Waals surface area contributed by atoms with Crippen LogP contribution in [0.25, 0.3) is 0 Å². The van der Waals surface area contributed by atoms with E-state index >= 15 is 0 Å². The van der Waals surface area contributed by atoms with Gasteiger partial charge in [0.2, 0.25) is 5.89 Å². The van der Waals surface area contributed by atoms with E-state index < -0.39 is 0 Å². The Hall–Kier alpha value is -1.92. The minimum absolute atomic E-state index is 0.367. The summed E-state index contributed by atoms with van der Waals surface area (Å²) in [6, 6.07) is 6.69. The maximum Gasteiger partial charge on any atom is 0.229 e. The van der Waals surface area contributed by atoms with Crippen molar-refractivity contribution in [2.45, 2.75) is 39.2 Å². The van der Waals surface area contributed by atoms with Gasteiger partial charge >= 0.3 is 0 Å². The maximum absolute atomic E-state index is 5.51. The van der Waals surface area contributed by atoms with Gasteiger partial charge in [0.05, 0.1) is 6.54 Å². The fourth-order valence-corrected chi connectivity index (χ4v) is 3.85. The van der Waals surface area contributed by atoms with Crippen LogP contribution < -0.4 is 4.90 Å². The molecule has 2 aliphatic heterocycles. The number of ether oxygens (including phenoxy) is 1. The summed E-state index contributed by atoms with van der Waals surface area (Å²) in [5.74, 6) is 1.97. The van der Waals surface area contributed by atoms with Gasteiger partial charge in [0.25, 0.3) is 0 Å². The lowest BCUT2D eigenvalue weighted by Gasteiger charge is -2.36. The summed E-state index contributed by atoms with van der Waals surface area (Å²) in [7, 11) is 0. The van der Waals surface area contributed by atoms with Crippen molar-refractivity contribution in [2.24, 2.45) is 0 Å². The lowest BCUT2D eigenvalue weighted by Crippen LogP contribution is -2.46. The van der Waals surface area contributed by atoms with Gasteiger partial charge in [0.15, 0.2) is 5.82 Å². The largest absolute Gasteiger partial charge is 0.381 e. The zero-order valence-corrected chi connectivity index (χ0v) is 15.8. The standard InChI is InChI=1S/C20H28N4O2/c1-15-3-4-16(2)18(13-15)24-9-7-23(8-10-24)14-19-21-20(26-22-19)17-5-11-25-12-6-17/h3-4,13,17H,5-12,14H2,1-2H3. The third-order valence-corrected chi connectivity index (χ3v) is 5.50. The summed E-state index contributed by atoms with van der Waals surface area (Å²) >= 11 is 0. The average molecular weight is 356 g/mol. The van der Waals surface area contributed by atoms with Crippen molar-refractivity contribution in [1.29, 1.82) is 0 Å². The number of piperazine rings is 1. The summed E-state index contributed by atoms with van der Waals surface area (Å²) in [5.41, 5.74) is 4.04. The monoisotopic (exact) mass is 356 g/mol. The average Bonchev–Trinajstić information content (AvgIpc) is 3.14. The van der Waals surface area contributed by atoms with Crippen LogP contribution in [-0.2, 0) is 11.3 Å². The third kappa shape index (κ3) is 3.91. The van der Waals surface area contributed by atoms with E-state index in [4.69, 9.17) is 9.26 Å². The van der Waals surface area contributed by atoms with Gasteiger partial charge in [-0.2, -0.15) is 4.98 Å². The molecule has 0 amide bonds. The zero-order valence-electron chi connectivity index (χ0n) is 15.8. The Morgan fingerprint density at radius 2 is 1.85 bits per heavy atom. The van der Waals surface area contributed by atoms with Crippen LogP contribution in [0.4, 0.5) is 5.69 Å². The van der Waals surface area contributed by atoms with Crippen LogP contribution >= 0.6 is 0 Å². The molecule has 140 valence electrons. The van der Waals surface area contributed by atoms with E-state index in [0.717, 1.165) is 70.5 Å². The second-order valence-electron chi connectivity index (χ2n) is 7.49. The van der Waals surface area contributed by atoms with Crippen LogP contribution in [0.2, 0.25) is 0 Å². The molecule has 2 fully saturated rings. The van der Waals surface area contributed by atoms with Gasteiger partial charge < -0.3 is 14.2 Å². The molecule has 26 heavy (non-hydrogen) atoms. The number of hydrogen-bond donors (Lipinski definition) is 0. The molecule has 2 aromatic rings. The van der Waals surface area contributed by atoms with Crippen molar-refractivity contribution in [3.8, 4) is 0 Å². The number of rotatable bonds is 4. The van der Waals surface area contributed by atoms with Crippen LogP contribution in [-0.4, -0.2) is 54.4 Å². The highest BCUT2D eigenvalue weighted by atomic mass is 16.5. The first-order chi connectivity index (χ1) is 12.7. The van der Waals surface area contributed by atoms with Gasteiger partial charge in [-0.15, -0.1) is 0 Å². The van der Waals surface area contributed by atoms with E-state index in [-0.39, 0.29) is 0 Å². The molecule has 6 nitrogen and oxygen atoms in total. The van der Waals surface area contributed by atoms with E-state index in [1.807, 2.05) is 0 Å². The number of anilines is 1. The van der Waals surface area contributed by atoms with Crippen LogP contribution in [0.3, 0.4) is 0 Å². The van der Waals surface area contributed by atoms with Crippen molar-refractivity contribution in [3.05, 3.63) is 41.0 Å². The summed E-state index contributed by atoms with van der Waals surface area (Å²) in [4.78, 5) is 9.55. The molecule has 3 heterocycles. The molecule has 4 rings (SSSR count). The number of hydrogen-bond acceptors (Lipinski definition) is 6. The highest BCUT2D eigenvalue weighted by Gasteiger charge is 2.24. The Labute approximate surface area is 155 Å². The second-order valence-corrected chi connectivity index (χ2v) is 7.49. The molecular formula is C20H28N4O2. The first kappa shape index (κ1) is 17.5. The van der Waals surface area contributed by atoms with Crippen LogP contribution in [0.1, 0.15) is 41.6 Å². The molecule has 0 unspecified atom stereocenters. The lowest BCUT2D eigenvalue weighted by atomic mass is 10.0. The predicted octanol–water partition coefficient (Wildman–Crippen LogP) is 2.90. The van der Waals surface area contributed by atoms with Crippen LogP contribution in [0, 0.1) is 13.8 Å². The van der Waals surface area contributed by atoms with E-state index in [2.05, 4.69) is 52.0 Å². The van der Waals surface area contributed by atoms with E-state index in [1.54, 1.807) is 0 Å². The Morgan fingerprint density at radius 3 is 2.62 bits per heavy atom. The van der Waals surface area contributed by atoms with Crippen molar-refractivity contribution in [1.82, 2.24) is 15.0 Å². The Bertz CT molecular complexity index is 731. The predicted molar refractivity (Wildman–Crippen MR) is 100 cm³/mol. The van der Waals surface area contributed by atoms with Gasteiger partial charge in [-0.05, 0) is 43.9 Å². The molecule has 2 saturated heterocycles. The Balaban J connectivity index is 1.32. The Morgan fingerprint density at radius 1 is 1.08 bits per heavy atom. The SMILES string of the molecule is Cc1ccc(C)c(N2CCN(Cc3noc(C4CCOCC4)n3)CC2)c1. The van der Waals surface area contributed by atoms with Crippen LogP contribution in [0.5, 0.6) is 0 Å². The second kappa shape index (κ2) is 7.76. The van der Waals surface area contributed by atoms with E-state index in [0.29, 0.717) is 5.92 Å². The minimum Gasteiger partial charge on any atom is -0.381 e. The summed E-state index contributed by atoms with van der Waals surface area (Å²) in [6.45, 7) is 10.8. The first-order valence-electron chi connectivity index (χ1n) is 9.64. The summed E-state index contributed by atoms with van der Waals surface area (Å²) < 4.78 is 10.9. The molecule has 1 aromatic carbocycles. The van der Waals surface area contributed by atoms with Crippen molar-refractivity contribution in [3.63, 3.8) is 0 Å². The smallest absolute Gasteiger partial charge is 0.229 e. The van der Waals surface area contributed by atoms with Crippen molar-refractivity contribution >= 4 is 5.69 Å². The number of aryl methyl sites for hydroxylation is 2. The molecule has 1 aromatic heterocycles. The molecule has 0 aliphatic carbocycles. The first-order valence-corrected chi connectivity index (χ1v) is 9.64. The molecular weight excluding hydrogens is 328 g/mol. The lowest BCUT2D eigenvalue weighted by molar-refractivity contribution is 0.0778. The van der Waals surface area contributed by atoms with Crippen molar-refractivity contribution < 1.29 is 9.26 Å². The summed E-state index contributed by atoms with van der Waals surface area (Å²) in [6.07, 6.45) is 1.96.